The molecule has 28 heavy (non-hydrogen) atoms. The lowest BCUT2D eigenvalue weighted by molar-refractivity contribution is -0.0487. The molecule has 4 rings (SSSR count). The van der Waals surface area contributed by atoms with Crippen molar-refractivity contribution in [1.29, 1.82) is 0 Å². The lowest BCUT2D eigenvalue weighted by Gasteiger charge is -2.43. The molecule has 0 radical (unpaired) electrons. The lowest BCUT2D eigenvalue weighted by Crippen LogP contribution is -2.44. The SMILES string of the molecule is COc1ccc2[nH]c(CN3CCC(CO)(CC4CCCCO4)CC3)c(C)c2c1. The molecule has 2 aromatic rings. The van der Waals surface area contributed by atoms with E-state index >= 15 is 0 Å². The van der Waals surface area contributed by atoms with E-state index in [1.54, 1.807) is 7.11 Å². The molecule has 5 nitrogen and oxygen atoms in total. The zero-order chi connectivity index (χ0) is 19.6. The number of aromatic nitrogens is 1. The third-order valence-electron chi connectivity index (χ3n) is 6.94. The van der Waals surface area contributed by atoms with Crippen molar-refractivity contribution >= 4 is 10.9 Å². The van der Waals surface area contributed by atoms with Gasteiger partial charge in [0.1, 0.15) is 5.75 Å². The van der Waals surface area contributed by atoms with Crippen molar-refractivity contribution in [3.8, 4) is 5.75 Å². The molecule has 3 heterocycles. The van der Waals surface area contributed by atoms with Crippen LogP contribution in [0.1, 0.15) is 49.8 Å². The second-order valence-corrected chi connectivity index (χ2v) is 8.77. The van der Waals surface area contributed by atoms with Crippen LogP contribution in [-0.4, -0.2) is 54.5 Å². The second-order valence-electron chi connectivity index (χ2n) is 8.77. The molecule has 0 aliphatic carbocycles. The maximum Gasteiger partial charge on any atom is 0.119 e. The van der Waals surface area contributed by atoms with Gasteiger partial charge in [-0.15, -0.1) is 0 Å². The Morgan fingerprint density at radius 2 is 2.11 bits per heavy atom. The predicted molar refractivity (Wildman–Crippen MR) is 112 cm³/mol. The number of rotatable bonds is 6. The number of fused-ring (bicyclic) bond motifs is 1. The second kappa shape index (κ2) is 8.44. The number of hydrogen-bond donors (Lipinski definition) is 2. The molecule has 2 fully saturated rings. The van der Waals surface area contributed by atoms with E-state index in [0.717, 1.165) is 57.7 Å². The van der Waals surface area contributed by atoms with Gasteiger partial charge in [-0.3, -0.25) is 4.90 Å². The lowest BCUT2D eigenvalue weighted by atomic mass is 9.74. The van der Waals surface area contributed by atoms with E-state index in [0.29, 0.717) is 6.10 Å². The third-order valence-corrected chi connectivity index (χ3v) is 6.94. The van der Waals surface area contributed by atoms with E-state index in [-0.39, 0.29) is 12.0 Å². The number of likely N-dealkylation sites (tertiary alicyclic amines) is 1. The third kappa shape index (κ3) is 4.07. The average Bonchev–Trinajstić information content (AvgIpc) is 3.05. The number of piperidine rings is 1. The predicted octanol–water partition coefficient (Wildman–Crippen LogP) is 4.02. The van der Waals surface area contributed by atoms with Crippen molar-refractivity contribution in [3.05, 3.63) is 29.5 Å². The Bertz CT molecular complexity index is 786. The minimum Gasteiger partial charge on any atom is -0.497 e. The number of hydrogen-bond acceptors (Lipinski definition) is 4. The molecule has 0 bridgehead atoms. The van der Waals surface area contributed by atoms with Gasteiger partial charge in [-0.2, -0.15) is 0 Å². The van der Waals surface area contributed by atoms with E-state index < -0.39 is 0 Å². The van der Waals surface area contributed by atoms with Gasteiger partial charge in [0.2, 0.25) is 0 Å². The van der Waals surface area contributed by atoms with Gasteiger partial charge in [-0.1, -0.05) is 0 Å². The number of nitrogens with zero attached hydrogens (tertiary/aromatic N) is 1. The summed E-state index contributed by atoms with van der Waals surface area (Å²) in [6.07, 6.45) is 7.08. The fourth-order valence-electron chi connectivity index (χ4n) is 4.93. The molecule has 5 heteroatoms. The topological polar surface area (TPSA) is 57.7 Å². The van der Waals surface area contributed by atoms with Crippen LogP contribution in [0.25, 0.3) is 10.9 Å². The van der Waals surface area contributed by atoms with Crippen LogP contribution in [0.2, 0.25) is 0 Å². The van der Waals surface area contributed by atoms with Crippen molar-refractivity contribution in [2.45, 2.75) is 58.1 Å². The van der Waals surface area contributed by atoms with Gasteiger partial charge in [0, 0.05) is 36.4 Å². The van der Waals surface area contributed by atoms with Crippen molar-refractivity contribution in [3.63, 3.8) is 0 Å². The van der Waals surface area contributed by atoms with E-state index in [4.69, 9.17) is 9.47 Å². The molecule has 2 aliphatic rings. The molecule has 1 unspecified atom stereocenters. The van der Waals surface area contributed by atoms with Crippen LogP contribution in [-0.2, 0) is 11.3 Å². The Labute approximate surface area is 168 Å². The number of aromatic amines is 1. The normalized spacial score (nSPS) is 23.2. The number of aliphatic hydroxyl groups is 1. The Balaban J connectivity index is 1.39. The summed E-state index contributed by atoms with van der Waals surface area (Å²) >= 11 is 0. The summed E-state index contributed by atoms with van der Waals surface area (Å²) in [5, 5.41) is 11.4. The fraction of sp³-hybridized carbons (Fsp3) is 0.652. The van der Waals surface area contributed by atoms with E-state index in [9.17, 15) is 5.11 Å². The van der Waals surface area contributed by atoms with Gasteiger partial charge in [0.05, 0.1) is 13.2 Å². The molecule has 0 amide bonds. The maximum absolute atomic E-state index is 10.1. The largest absolute Gasteiger partial charge is 0.497 e. The van der Waals surface area contributed by atoms with Crippen LogP contribution in [0, 0.1) is 12.3 Å². The Hall–Kier alpha value is -1.56. The van der Waals surface area contributed by atoms with Crippen molar-refractivity contribution in [2.24, 2.45) is 5.41 Å². The summed E-state index contributed by atoms with van der Waals surface area (Å²) in [6, 6.07) is 6.22. The quantitative estimate of drug-likeness (QED) is 0.787. The van der Waals surface area contributed by atoms with E-state index in [1.165, 1.54) is 35.0 Å². The summed E-state index contributed by atoms with van der Waals surface area (Å²) in [6.45, 7) is 6.37. The molecule has 1 aromatic carbocycles. The smallest absolute Gasteiger partial charge is 0.119 e. The molecule has 2 N–H and O–H groups in total. The first-order valence-corrected chi connectivity index (χ1v) is 10.7. The Morgan fingerprint density at radius 3 is 2.79 bits per heavy atom. The standard InChI is InChI=1S/C23H34N2O3/c1-17-20-13-18(27-2)6-7-21(20)24-22(17)15-25-10-8-23(16-26,9-11-25)14-19-5-3-4-12-28-19/h6-7,13,19,24,26H,3-5,8-12,14-16H2,1-2H3. The van der Waals surface area contributed by atoms with E-state index in [1.807, 2.05) is 6.07 Å². The first-order chi connectivity index (χ1) is 13.6. The van der Waals surface area contributed by atoms with Gasteiger partial charge in [0.25, 0.3) is 0 Å². The number of aliphatic hydroxyl groups excluding tert-OH is 1. The van der Waals surface area contributed by atoms with Crippen LogP contribution in [0.3, 0.4) is 0 Å². The van der Waals surface area contributed by atoms with Gasteiger partial charge < -0.3 is 19.6 Å². The van der Waals surface area contributed by atoms with Crippen molar-refractivity contribution in [2.75, 3.05) is 33.4 Å². The molecular weight excluding hydrogens is 352 g/mol. The number of aryl methyl sites for hydroxylation is 1. The summed E-state index contributed by atoms with van der Waals surface area (Å²) in [5.41, 5.74) is 3.81. The number of benzene rings is 1. The molecule has 0 spiro atoms. The van der Waals surface area contributed by atoms with Gasteiger partial charge in [-0.05, 0) is 87.7 Å². The van der Waals surface area contributed by atoms with Gasteiger partial charge in [0.15, 0.2) is 0 Å². The molecule has 1 atom stereocenters. The summed E-state index contributed by atoms with van der Waals surface area (Å²) in [5.74, 6) is 0.900. The molecule has 2 aliphatic heterocycles. The Morgan fingerprint density at radius 1 is 1.29 bits per heavy atom. The summed E-state index contributed by atoms with van der Waals surface area (Å²) in [4.78, 5) is 6.11. The van der Waals surface area contributed by atoms with Crippen LogP contribution in [0.4, 0.5) is 0 Å². The average molecular weight is 387 g/mol. The molecular formula is C23H34N2O3. The number of H-pyrrole nitrogens is 1. The first-order valence-electron chi connectivity index (χ1n) is 10.7. The van der Waals surface area contributed by atoms with Crippen LogP contribution < -0.4 is 4.74 Å². The van der Waals surface area contributed by atoms with Crippen molar-refractivity contribution < 1.29 is 14.6 Å². The maximum atomic E-state index is 10.1. The molecule has 0 saturated carbocycles. The van der Waals surface area contributed by atoms with Crippen LogP contribution in [0.15, 0.2) is 18.2 Å². The van der Waals surface area contributed by atoms with Crippen molar-refractivity contribution in [1.82, 2.24) is 9.88 Å². The highest BCUT2D eigenvalue weighted by Crippen LogP contribution is 2.38. The monoisotopic (exact) mass is 386 g/mol. The summed E-state index contributed by atoms with van der Waals surface area (Å²) in [7, 11) is 1.71. The Kier molecular flexibility index (Phi) is 5.95. The van der Waals surface area contributed by atoms with E-state index in [2.05, 4.69) is 28.9 Å². The molecule has 154 valence electrons. The van der Waals surface area contributed by atoms with Gasteiger partial charge in [-0.25, -0.2) is 0 Å². The van der Waals surface area contributed by atoms with Gasteiger partial charge >= 0.3 is 0 Å². The number of methoxy groups -OCH3 is 1. The summed E-state index contributed by atoms with van der Waals surface area (Å²) < 4.78 is 11.3. The fourth-order valence-corrected chi connectivity index (χ4v) is 4.93. The minimum absolute atomic E-state index is 0.0430. The molecule has 1 aromatic heterocycles. The number of ether oxygens (including phenoxy) is 2. The highest BCUT2D eigenvalue weighted by atomic mass is 16.5. The zero-order valence-electron chi connectivity index (χ0n) is 17.3. The zero-order valence-corrected chi connectivity index (χ0v) is 17.3. The van der Waals surface area contributed by atoms with Crippen LogP contribution in [0.5, 0.6) is 5.75 Å². The number of nitrogens with one attached hydrogen (secondary N) is 1. The molecule has 2 saturated heterocycles. The van der Waals surface area contributed by atoms with Crippen LogP contribution >= 0.6 is 0 Å². The minimum atomic E-state index is 0.0430. The first kappa shape index (κ1) is 19.7. The highest BCUT2D eigenvalue weighted by molar-refractivity contribution is 5.85. The highest BCUT2D eigenvalue weighted by Gasteiger charge is 2.37.